The SMILES string of the molecule is CCCCOC(=O)NS(=O)(=O)c1sc(CC(C)C)cc1-c1ccc(CN2C(=O)N(C)C3(CC3)C2=O)cc1. The lowest BCUT2D eigenvalue weighted by atomic mass is 10.0. The van der Waals surface area contributed by atoms with Crippen LogP contribution in [0.15, 0.2) is 34.5 Å². The highest BCUT2D eigenvalue weighted by molar-refractivity contribution is 7.92. The van der Waals surface area contributed by atoms with Gasteiger partial charge < -0.3 is 9.64 Å². The molecule has 1 saturated carbocycles. The number of amides is 4. The molecule has 1 aromatic heterocycles. The first-order valence-electron chi connectivity index (χ1n) is 12.5. The normalized spacial score (nSPS) is 16.7. The molecule has 200 valence electrons. The molecule has 4 rings (SSSR count). The Morgan fingerprint density at radius 2 is 1.86 bits per heavy atom. The van der Waals surface area contributed by atoms with Crippen molar-refractivity contribution < 1.29 is 27.5 Å². The third kappa shape index (κ3) is 5.52. The Hall–Kier alpha value is -2.92. The van der Waals surface area contributed by atoms with Gasteiger partial charge in [-0.3, -0.25) is 9.69 Å². The summed E-state index contributed by atoms with van der Waals surface area (Å²) in [7, 11) is -2.49. The molecule has 2 heterocycles. The lowest BCUT2D eigenvalue weighted by molar-refractivity contribution is -0.129. The van der Waals surface area contributed by atoms with Gasteiger partial charge in [-0.05, 0) is 48.8 Å². The first-order chi connectivity index (χ1) is 17.5. The second-order valence-electron chi connectivity index (χ2n) is 10.1. The molecule has 0 unspecified atom stereocenters. The van der Waals surface area contributed by atoms with Gasteiger partial charge in [0, 0.05) is 17.5 Å². The predicted octanol–water partition coefficient (Wildman–Crippen LogP) is 4.76. The van der Waals surface area contributed by atoms with Gasteiger partial charge in [0.05, 0.1) is 13.2 Å². The number of ether oxygens (including phenoxy) is 1. The molecule has 2 fully saturated rings. The number of likely N-dealkylation sites (N-methyl/N-ethyl adjacent to an activating group) is 1. The Morgan fingerprint density at radius 3 is 2.43 bits per heavy atom. The Morgan fingerprint density at radius 1 is 1.19 bits per heavy atom. The Balaban J connectivity index is 1.57. The number of carbonyl (C=O) groups is 3. The second kappa shape index (κ2) is 10.4. The van der Waals surface area contributed by atoms with Crippen LogP contribution in [0.25, 0.3) is 11.1 Å². The molecule has 2 aromatic rings. The molecule has 0 atom stereocenters. The van der Waals surface area contributed by atoms with Crippen molar-refractivity contribution in [2.45, 2.75) is 69.2 Å². The topological polar surface area (TPSA) is 113 Å². The Kier molecular flexibility index (Phi) is 7.66. The summed E-state index contributed by atoms with van der Waals surface area (Å²) in [5.74, 6) is 0.158. The minimum Gasteiger partial charge on any atom is -0.449 e. The summed E-state index contributed by atoms with van der Waals surface area (Å²) in [5, 5.41) is 0. The van der Waals surface area contributed by atoms with Gasteiger partial charge in [0.2, 0.25) is 0 Å². The number of hydrogen-bond donors (Lipinski definition) is 1. The summed E-state index contributed by atoms with van der Waals surface area (Å²) in [5.41, 5.74) is 1.25. The standard InChI is InChI=1S/C26H33N3O6S2/c1-5-6-13-35-24(31)27-37(33,34)22-21(15-20(36-22)14-17(2)3)19-9-7-18(8-10-19)16-29-23(30)26(11-12-26)28(4)25(29)32/h7-10,15,17H,5-6,11-14,16H2,1-4H3,(H,27,31). The molecule has 0 radical (unpaired) electrons. The average molecular weight is 548 g/mol. The maximum atomic E-state index is 13.1. The van der Waals surface area contributed by atoms with Crippen molar-refractivity contribution in [1.29, 1.82) is 0 Å². The number of carbonyl (C=O) groups excluding carboxylic acids is 3. The van der Waals surface area contributed by atoms with E-state index in [1.54, 1.807) is 31.3 Å². The third-order valence-electron chi connectivity index (χ3n) is 6.68. The van der Waals surface area contributed by atoms with Gasteiger partial charge in [-0.25, -0.2) is 22.7 Å². The lowest BCUT2D eigenvalue weighted by Crippen LogP contribution is -2.33. The van der Waals surface area contributed by atoms with Crippen LogP contribution < -0.4 is 4.72 Å². The van der Waals surface area contributed by atoms with E-state index in [4.69, 9.17) is 4.74 Å². The molecule has 1 aromatic carbocycles. The number of rotatable bonds is 10. The van der Waals surface area contributed by atoms with Gasteiger partial charge in [-0.15, -0.1) is 11.3 Å². The predicted molar refractivity (Wildman–Crippen MR) is 141 cm³/mol. The zero-order valence-corrected chi connectivity index (χ0v) is 23.2. The Bertz CT molecular complexity index is 1300. The van der Waals surface area contributed by atoms with Crippen LogP contribution in [0, 0.1) is 5.92 Å². The molecule has 4 amide bonds. The van der Waals surface area contributed by atoms with E-state index in [-0.39, 0.29) is 29.3 Å². The summed E-state index contributed by atoms with van der Waals surface area (Å²) < 4.78 is 33.4. The van der Waals surface area contributed by atoms with Crippen molar-refractivity contribution in [3.63, 3.8) is 0 Å². The van der Waals surface area contributed by atoms with Gasteiger partial charge in [0.1, 0.15) is 9.75 Å². The number of thiophene rings is 1. The number of benzene rings is 1. The summed E-state index contributed by atoms with van der Waals surface area (Å²) in [6.45, 7) is 6.35. The number of nitrogens with zero attached hydrogens (tertiary/aromatic N) is 2. The molecule has 1 N–H and O–H groups in total. The highest BCUT2D eigenvalue weighted by Crippen LogP contribution is 2.47. The second-order valence-corrected chi connectivity index (χ2v) is 13.1. The molecular weight excluding hydrogens is 514 g/mol. The fourth-order valence-corrected chi connectivity index (χ4v) is 7.29. The van der Waals surface area contributed by atoms with Crippen LogP contribution >= 0.6 is 11.3 Å². The van der Waals surface area contributed by atoms with Gasteiger partial charge >= 0.3 is 12.1 Å². The fraction of sp³-hybridized carbons (Fsp3) is 0.500. The zero-order chi connectivity index (χ0) is 27.0. The minimum absolute atomic E-state index is 0.0468. The highest BCUT2D eigenvalue weighted by Gasteiger charge is 2.63. The molecule has 11 heteroatoms. The van der Waals surface area contributed by atoms with Crippen molar-refractivity contribution in [2.24, 2.45) is 5.92 Å². The largest absolute Gasteiger partial charge is 0.449 e. The summed E-state index contributed by atoms with van der Waals surface area (Å²) >= 11 is 1.14. The maximum absolute atomic E-state index is 13.1. The number of sulfonamides is 1. The first-order valence-corrected chi connectivity index (χ1v) is 14.8. The van der Waals surface area contributed by atoms with Crippen LogP contribution in [-0.2, 0) is 32.5 Å². The van der Waals surface area contributed by atoms with Crippen LogP contribution in [0.1, 0.15) is 56.9 Å². The van der Waals surface area contributed by atoms with Crippen LogP contribution in [0.3, 0.4) is 0 Å². The van der Waals surface area contributed by atoms with E-state index in [2.05, 4.69) is 13.8 Å². The molecule has 9 nitrogen and oxygen atoms in total. The van der Waals surface area contributed by atoms with Gasteiger partial charge in [0.15, 0.2) is 0 Å². The van der Waals surface area contributed by atoms with E-state index in [1.807, 2.05) is 17.7 Å². The highest BCUT2D eigenvalue weighted by atomic mass is 32.2. The quantitative estimate of drug-likeness (QED) is 0.339. The van der Waals surface area contributed by atoms with Crippen molar-refractivity contribution in [3.8, 4) is 11.1 Å². The van der Waals surface area contributed by atoms with Crippen LogP contribution in [0.2, 0.25) is 0 Å². The van der Waals surface area contributed by atoms with Crippen molar-refractivity contribution in [1.82, 2.24) is 14.5 Å². The maximum Gasteiger partial charge on any atom is 0.421 e. The van der Waals surface area contributed by atoms with Crippen molar-refractivity contribution in [2.75, 3.05) is 13.7 Å². The Labute approximate surface area is 221 Å². The molecule has 1 saturated heterocycles. The van der Waals surface area contributed by atoms with Gasteiger partial charge in [-0.2, -0.15) is 0 Å². The lowest BCUT2D eigenvalue weighted by Gasteiger charge is -2.14. The third-order valence-corrected chi connectivity index (χ3v) is 9.69. The van der Waals surface area contributed by atoms with E-state index in [0.29, 0.717) is 42.7 Å². The number of imide groups is 1. The van der Waals surface area contributed by atoms with E-state index < -0.39 is 21.7 Å². The van der Waals surface area contributed by atoms with E-state index in [1.165, 1.54) is 9.80 Å². The minimum atomic E-state index is -4.16. The number of urea groups is 1. The molecule has 1 spiro atoms. The monoisotopic (exact) mass is 547 g/mol. The summed E-state index contributed by atoms with van der Waals surface area (Å²) in [6.07, 6.45) is 2.55. The van der Waals surface area contributed by atoms with E-state index in [0.717, 1.165) is 28.2 Å². The number of hydrogen-bond acceptors (Lipinski definition) is 7. The molecule has 0 bridgehead atoms. The van der Waals surface area contributed by atoms with E-state index >= 15 is 0 Å². The van der Waals surface area contributed by atoms with E-state index in [9.17, 15) is 22.8 Å². The van der Waals surface area contributed by atoms with Crippen LogP contribution in [-0.4, -0.2) is 55.4 Å². The summed E-state index contributed by atoms with van der Waals surface area (Å²) in [6, 6.07) is 8.67. The van der Waals surface area contributed by atoms with Gasteiger partial charge in [-0.1, -0.05) is 51.5 Å². The average Bonchev–Trinajstić information content (AvgIpc) is 3.51. The molecule has 37 heavy (non-hydrogen) atoms. The number of unbranched alkanes of at least 4 members (excludes halogenated alkanes) is 1. The fourth-order valence-electron chi connectivity index (χ4n) is 4.45. The molecular formula is C26H33N3O6S2. The molecule has 2 aliphatic rings. The smallest absolute Gasteiger partial charge is 0.421 e. The van der Waals surface area contributed by atoms with Crippen molar-refractivity contribution in [3.05, 3.63) is 40.8 Å². The summed E-state index contributed by atoms with van der Waals surface area (Å²) in [4.78, 5) is 41.2. The van der Waals surface area contributed by atoms with Crippen molar-refractivity contribution >= 4 is 39.4 Å². The zero-order valence-electron chi connectivity index (χ0n) is 21.6. The number of nitrogens with one attached hydrogen (secondary N) is 1. The van der Waals surface area contributed by atoms with Crippen LogP contribution in [0.4, 0.5) is 9.59 Å². The first kappa shape index (κ1) is 27.1. The van der Waals surface area contributed by atoms with Crippen LogP contribution in [0.5, 0.6) is 0 Å². The molecule has 1 aliphatic heterocycles. The molecule has 1 aliphatic carbocycles. The van der Waals surface area contributed by atoms with Gasteiger partial charge in [0.25, 0.3) is 15.9 Å².